The molecule has 0 radical (unpaired) electrons. The number of hydrogen-bond acceptors (Lipinski definition) is 5. The van der Waals surface area contributed by atoms with Crippen LogP contribution in [-0.2, 0) is 6.54 Å². The van der Waals surface area contributed by atoms with Gasteiger partial charge in [-0.25, -0.2) is 4.79 Å². The molecule has 1 aromatic heterocycles. The number of anilines is 1. The first-order valence-corrected chi connectivity index (χ1v) is 7.80. The molecule has 0 aliphatic carbocycles. The zero-order valence-electron chi connectivity index (χ0n) is 13.6. The van der Waals surface area contributed by atoms with E-state index in [0.717, 1.165) is 5.39 Å². The van der Waals surface area contributed by atoms with Crippen LogP contribution in [0.25, 0.3) is 11.0 Å². The quantitative estimate of drug-likeness (QED) is 0.721. The minimum absolute atomic E-state index is 0.217. The Hall–Kier alpha value is -2.93. The fourth-order valence-electron chi connectivity index (χ4n) is 2.35. The monoisotopic (exact) mass is 361 g/mol. The van der Waals surface area contributed by atoms with Crippen molar-refractivity contribution in [2.45, 2.75) is 6.54 Å². The van der Waals surface area contributed by atoms with Gasteiger partial charge in [-0.15, -0.1) is 0 Å². The van der Waals surface area contributed by atoms with Crippen LogP contribution < -0.4 is 20.1 Å². The number of amides is 2. The van der Waals surface area contributed by atoms with Crippen molar-refractivity contribution in [2.75, 3.05) is 19.5 Å². The number of halogens is 1. The molecule has 1 heterocycles. The largest absolute Gasteiger partial charge is 0.495 e. The normalized spacial score (nSPS) is 10.5. The lowest BCUT2D eigenvalue weighted by atomic mass is 10.2. The summed E-state index contributed by atoms with van der Waals surface area (Å²) in [4.78, 5) is 12.2. The van der Waals surface area contributed by atoms with E-state index in [4.69, 9.17) is 25.6 Å². The number of nitrogens with zero attached hydrogens (tertiary/aromatic N) is 1. The topological polar surface area (TPSA) is 85.6 Å². The molecule has 2 amide bonds. The summed E-state index contributed by atoms with van der Waals surface area (Å²) < 4.78 is 15.6. The lowest BCUT2D eigenvalue weighted by Crippen LogP contribution is -2.28. The van der Waals surface area contributed by atoms with E-state index < -0.39 is 6.03 Å². The molecule has 0 bridgehead atoms. The van der Waals surface area contributed by atoms with E-state index in [-0.39, 0.29) is 6.54 Å². The number of hydrogen-bond donors (Lipinski definition) is 2. The maximum absolute atomic E-state index is 12.2. The van der Waals surface area contributed by atoms with E-state index in [1.54, 1.807) is 12.1 Å². The third kappa shape index (κ3) is 3.61. The van der Waals surface area contributed by atoms with Gasteiger partial charge in [-0.2, -0.15) is 0 Å². The summed E-state index contributed by atoms with van der Waals surface area (Å²) in [7, 11) is 3.00. The molecule has 25 heavy (non-hydrogen) atoms. The zero-order valence-corrected chi connectivity index (χ0v) is 14.4. The second-order valence-electron chi connectivity index (χ2n) is 5.12. The van der Waals surface area contributed by atoms with Crippen molar-refractivity contribution in [3.8, 4) is 11.5 Å². The van der Waals surface area contributed by atoms with Crippen molar-refractivity contribution in [1.29, 1.82) is 0 Å². The van der Waals surface area contributed by atoms with Crippen LogP contribution in [0.1, 0.15) is 5.69 Å². The third-order valence-electron chi connectivity index (χ3n) is 3.59. The standard InChI is InChI=1S/C17H16ClN3O4/c1-23-15-8-16(24-2)12(7-11(15)18)20-17(22)19-9-13-10-5-3-4-6-14(10)25-21-13/h3-8H,9H2,1-2H3,(H2,19,20,22). The van der Waals surface area contributed by atoms with Crippen molar-refractivity contribution >= 4 is 34.3 Å². The highest BCUT2D eigenvalue weighted by Crippen LogP contribution is 2.35. The summed E-state index contributed by atoms with van der Waals surface area (Å²) in [5, 5.41) is 10.6. The fraction of sp³-hybridized carbons (Fsp3) is 0.176. The van der Waals surface area contributed by atoms with E-state index in [2.05, 4.69) is 15.8 Å². The number of carbonyl (C=O) groups is 1. The zero-order chi connectivity index (χ0) is 17.8. The number of benzene rings is 2. The Bertz CT molecular complexity index is 910. The Balaban J connectivity index is 1.69. The highest BCUT2D eigenvalue weighted by atomic mass is 35.5. The number of aromatic nitrogens is 1. The smallest absolute Gasteiger partial charge is 0.319 e. The second kappa shape index (κ2) is 7.31. The van der Waals surface area contributed by atoms with Crippen LogP contribution >= 0.6 is 11.6 Å². The summed E-state index contributed by atoms with van der Waals surface area (Å²) in [6, 6.07) is 10.2. The molecule has 0 saturated carbocycles. The summed E-state index contributed by atoms with van der Waals surface area (Å²) in [5.41, 5.74) is 1.74. The first-order chi connectivity index (χ1) is 12.1. The molecule has 130 valence electrons. The lowest BCUT2D eigenvalue weighted by Gasteiger charge is -2.13. The van der Waals surface area contributed by atoms with Gasteiger partial charge in [0.25, 0.3) is 0 Å². The number of rotatable bonds is 5. The molecule has 3 aromatic rings. The molecular weight excluding hydrogens is 346 g/mol. The summed E-state index contributed by atoms with van der Waals surface area (Å²) in [6.07, 6.45) is 0. The molecule has 0 aliphatic rings. The number of para-hydroxylation sites is 1. The Morgan fingerprint density at radius 3 is 2.72 bits per heavy atom. The van der Waals surface area contributed by atoms with Gasteiger partial charge >= 0.3 is 6.03 Å². The Kier molecular flexibility index (Phi) is 4.95. The van der Waals surface area contributed by atoms with Gasteiger partial charge in [0, 0.05) is 11.5 Å². The number of nitrogens with one attached hydrogen (secondary N) is 2. The van der Waals surface area contributed by atoms with E-state index in [1.165, 1.54) is 14.2 Å². The predicted octanol–water partition coefficient (Wildman–Crippen LogP) is 3.82. The van der Waals surface area contributed by atoms with Crippen molar-refractivity contribution in [3.05, 3.63) is 47.1 Å². The van der Waals surface area contributed by atoms with Crippen LogP contribution in [0, 0.1) is 0 Å². The van der Waals surface area contributed by atoms with Crippen LogP contribution in [0.2, 0.25) is 5.02 Å². The van der Waals surface area contributed by atoms with Crippen LogP contribution in [0.15, 0.2) is 40.9 Å². The van der Waals surface area contributed by atoms with E-state index in [9.17, 15) is 4.79 Å². The number of methoxy groups -OCH3 is 2. The molecule has 2 aromatic carbocycles. The van der Waals surface area contributed by atoms with E-state index in [1.807, 2.05) is 24.3 Å². The Labute approximate surface area is 148 Å². The minimum atomic E-state index is -0.424. The van der Waals surface area contributed by atoms with Crippen molar-refractivity contribution < 1.29 is 18.8 Å². The molecule has 0 aliphatic heterocycles. The molecule has 0 unspecified atom stereocenters. The van der Waals surface area contributed by atoms with Gasteiger partial charge in [-0.1, -0.05) is 28.9 Å². The van der Waals surface area contributed by atoms with Gasteiger partial charge in [0.1, 0.15) is 17.2 Å². The second-order valence-corrected chi connectivity index (χ2v) is 5.53. The minimum Gasteiger partial charge on any atom is -0.495 e. The number of fused-ring (bicyclic) bond motifs is 1. The average molecular weight is 362 g/mol. The van der Waals surface area contributed by atoms with E-state index >= 15 is 0 Å². The van der Waals surface area contributed by atoms with Gasteiger partial charge in [0.05, 0.1) is 31.5 Å². The number of carbonyl (C=O) groups excluding carboxylic acids is 1. The van der Waals surface area contributed by atoms with Crippen LogP contribution in [-0.4, -0.2) is 25.4 Å². The maximum atomic E-state index is 12.2. The van der Waals surface area contributed by atoms with Crippen molar-refractivity contribution in [1.82, 2.24) is 10.5 Å². The summed E-state index contributed by atoms with van der Waals surface area (Å²) in [6.45, 7) is 0.217. The molecule has 8 heteroatoms. The molecular formula is C17H16ClN3O4. The Morgan fingerprint density at radius 2 is 1.96 bits per heavy atom. The van der Waals surface area contributed by atoms with E-state index in [0.29, 0.717) is 33.5 Å². The molecule has 0 fully saturated rings. The Morgan fingerprint density at radius 1 is 1.20 bits per heavy atom. The van der Waals surface area contributed by atoms with Crippen molar-refractivity contribution in [3.63, 3.8) is 0 Å². The average Bonchev–Trinajstić information content (AvgIpc) is 3.03. The highest BCUT2D eigenvalue weighted by molar-refractivity contribution is 6.32. The highest BCUT2D eigenvalue weighted by Gasteiger charge is 2.13. The molecule has 7 nitrogen and oxygen atoms in total. The SMILES string of the molecule is COc1cc(OC)c(NC(=O)NCc2noc3ccccc23)cc1Cl. The molecule has 0 saturated heterocycles. The predicted molar refractivity (Wildman–Crippen MR) is 94.4 cm³/mol. The fourth-order valence-corrected chi connectivity index (χ4v) is 2.59. The molecule has 0 atom stereocenters. The van der Waals surface area contributed by atoms with Crippen molar-refractivity contribution in [2.24, 2.45) is 0 Å². The van der Waals surface area contributed by atoms with Crippen LogP contribution in [0.3, 0.4) is 0 Å². The third-order valence-corrected chi connectivity index (χ3v) is 3.89. The maximum Gasteiger partial charge on any atom is 0.319 e. The van der Waals surface area contributed by atoms with Crippen LogP contribution in [0.5, 0.6) is 11.5 Å². The van der Waals surface area contributed by atoms with Gasteiger partial charge in [-0.3, -0.25) is 0 Å². The summed E-state index contributed by atoms with van der Waals surface area (Å²) >= 11 is 6.09. The van der Waals surface area contributed by atoms with Crippen LogP contribution in [0.4, 0.5) is 10.5 Å². The summed E-state index contributed by atoms with van der Waals surface area (Å²) in [5.74, 6) is 0.891. The number of ether oxygens (including phenoxy) is 2. The first kappa shape index (κ1) is 16.9. The van der Waals surface area contributed by atoms with Gasteiger partial charge in [0.15, 0.2) is 5.58 Å². The van der Waals surface area contributed by atoms with Gasteiger partial charge in [0.2, 0.25) is 0 Å². The van der Waals surface area contributed by atoms with Gasteiger partial charge < -0.3 is 24.6 Å². The molecule has 0 spiro atoms. The number of urea groups is 1. The van der Waals surface area contributed by atoms with Gasteiger partial charge in [-0.05, 0) is 18.2 Å². The molecule has 3 rings (SSSR count). The first-order valence-electron chi connectivity index (χ1n) is 7.42. The molecule has 2 N–H and O–H groups in total. The lowest BCUT2D eigenvalue weighted by molar-refractivity contribution is 0.251.